The third-order valence-corrected chi connectivity index (χ3v) is 6.33. The fourth-order valence-corrected chi connectivity index (χ4v) is 4.75. The molecule has 3 heterocycles. The second-order valence-corrected chi connectivity index (χ2v) is 8.29. The summed E-state index contributed by atoms with van der Waals surface area (Å²) in [5.41, 5.74) is 1.11. The summed E-state index contributed by atoms with van der Waals surface area (Å²) >= 11 is 6.58. The highest BCUT2D eigenvalue weighted by atomic mass is 127. The fraction of sp³-hybridized carbons (Fsp3) is 0.571. The Morgan fingerprint density at radius 2 is 2.10 bits per heavy atom. The topological polar surface area (TPSA) is 76.4 Å². The number of nitrogens with zero attached hydrogens (tertiary/aromatic N) is 4. The Bertz CT molecular complexity index is 880. The number of halogens is 2. The van der Waals surface area contributed by atoms with E-state index in [0.717, 1.165) is 74.6 Å². The van der Waals surface area contributed by atoms with Crippen molar-refractivity contribution in [2.75, 3.05) is 26.8 Å². The number of guanidine groups is 1. The summed E-state index contributed by atoms with van der Waals surface area (Å²) in [6.07, 6.45) is 3.95. The van der Waals surface area contributed by atoms with Gasteiger partial charge in [0.15, 0.2) is 5.96 Å². The van der Waals surface area contributed by atoms with Gasteiger partial charge in [0.25, 0.3) is 0 Å². The molecule has 1 atom stereocenters. The second kappa shape index (κ2) is 10.3. The third-order valence-electron chi connectivity index (χ3n) is 6.00. The number of hydrogen-bond acceptors (Lipinski definition) is 4. The monoisotopic (exact) mass is 544 g/mol. The van der Waals surface area contributed by atoms with E-state index < -0.39 is 0 Å². The standard InChI is InChI=1S/C21H29ClN6O.HI/c1-15-25-19-18(8-5-11-28(19)27-15)26-20(23-2)24-14-21(9-12-29-13-10-21)16-6-3-4-7-17(16)22;/h3-4,6-7,18H,5,8-14H2,1-2H3,(H2,23,24,26);1H. The van der Waals surface area contributed by atoms with Gasteiger partial charge in [-0.3, -0.25) is 4.99 Å². The number of ether oxygens (including phenoxy) is 1. The van der Waals surface area contributed by atoms with Crippen LogP contribution in [-0.2, 0) is 16.7 Å². The van der Waals surface area contributed by atoms with E-state index in [9.17, 15) is 0 Å². The number of aliphatic imine (C=N–C) groups is 1. The van der Waals surface area contributed by atoms with E-state index in [1.807, 2.05) is 23.7 Å². The lowest BCUT2D eigenvalue weighted by Gasteiger charge is -2.39. The highest BCUT2D eigenvalue weighted by molar-refractivity contribution is 14.0. The molecule has 1 unspecified atom stereocenters. The minimum absolute atomic E-state index is 0. The van der Waals surface area contributed by atoms with Crippen molar-refractivity contribution in [2.24, 2.45) is 4.99 Å². The third kappa shape index (κ3) is 4.91. The number of fused-ring (bicyclic) bond motifs is 1. The van der Waals surface area contributed by atoms with E-state index >= 15 is 0 Å². The van der Waals surface area contributed by atoms with Gasteiger partial charge in [-0.25, -0.2) is 9.67 Å². The SMILES string of the molecule is CN=C(NCC1(c2ccccc2Cl)CCOCC1)NC1CCCn2nc(C)nc21.I. The molecule has 1 aromatic carbocycles. The van der Waals surface area contributed by atoms with Gasteiger partial charge < -0.3 is 15.4 Å². The van der Waals surface area contributed by atoms with Crippen molar-refractivity contribution < 1.29 is 4.74 Å². The molecule has 0 spiro atoms. The Balaban J connectivity index is 0.00000256. The van der Waals surface area contributed by atoms with Crippen LogP contribution in [0.3, 0.4) is 0 Å². The molecule has 4 rings (SSSR count). The Kier molecular flexibility index (Phi) is 7.98. The number of nitrogens with one attached hydrogen (secondary N) is 2. The predicted molar refractivity (Wildman–Crippen MR) is 130 cm³/mol. The molecule has 30 heavy (non-hydrogen) atoms. The van der Waals surface area contributed by atoms with Gasteiger partial charge in [-0.1, -0.05) is 29.8 Å². The van der Waals surface area contributed by atoms with E-state index in [-0.39, 0.29) is 35.4 Å². The molecule has 2 aliphatic rings. The largest absolute Gasteiger partial charge is 0.381 e. The van der Waals surface area contributed by atoms with Crippen LogP contribution in [0, 0.1) is 6.92 Å². The van der Waals surface area contributed by atoms with Crippen LogP contribution in [0.25, 0.3) is 0 Å². The van der Waals surface area contributed by atoms with Crippen molar-refractivity contribution in [3.63, 3.8) is 0 Å². The molecule has 1 aromatic heterocycles. The highest BCUT2D eigenvalue weighted by Gasteiger charge is 2.36. The van der Waals surface area contributed by atoms with E-state index in [0.29, 0.717) is 0 Å². The number of aryl methyl sites for hydroxylation is 2. The summed E-state index contributed by atoms with van der Waals surface area (Å²) in [6.45, 7) is 5.09. The van der Waals surface area contributed by atoms with Crippen molar-refractivity contribution in [2.45, 2.75) is 50.6 Å². The van der Waals surface area contributed by atoms with Crippen LogP contribution in [0.15, 0.2) is 29.3 Å². The molecule has 2 N–H and O–H groups in total. The minimum atomic E-state index is -0.0720. The molecule has 0 amide bonds. The molecular formula is C21H30ClIN6O. The van der Waals surface area contributed by atoms with Gasteiger partial charge in [-0.15, -0.1) is 24.0 Å². The van der Waals surface area contributed by atoms with Gasteiger partial charge in [-0.05, 0) is 44.2 Å². The van der Waals surface area contributed by atoms with Crippen LogP contribution in [0.5, 0.6) is 0 Å². The summed E-state index contributed by atoms with van der Waals surface area (Å²) in [5.74, 6) is 2.59. The quantitative estimate of drug-likeness (QED) is 0.349. The Hall–Kier alpha value is -1.39. The average Bonchev–Trinajstić information content (AvgIpc) is 3.13. The normalized spacial score (nSPS) is 20.8. The van der Waals surface area contributed by atoms with Crippen LogP contribution in [0.4, 0.5) is 0 Å². The Morgan fingerprint density at radius 1 is 1.33 bits per heavy atom. The first-order valence-electron chi connectivity index (χ1n) is 10.3. The number of aromatic nitrogens is 3. The molecule has 164 valence electrons. The molecule has 7 nitrogen and oxygen atoms in total. The lowest BCUT2D eigenvalue weighted by Crippen LogP contribution is -2.49. The number of rotatable bonds is 4. The molecule has 1 fully saturated rings. The van der Waals surface area contributed by atoms with Crippen LogP contribution in [-0.4, -0.2) is 47.5 Å². The van der Waals surface area contributed by atoms with Gasteiger partial charge in [0.1, 0.15) is 11.6 Å². The molecule has 9 heteroatoms. The lowest BCUT2D eigenvalue weighted by molar-refractivity contribution is 0.0514. The first-order valence-corrected chi connectivity index (χ1v) is 10.7. The summed E-state index contributed by atoms with van der Waals surface area (Å²) in [6, 6.07) is 8.26. The number of hydrogen-bond donors (Lipinski definition) is 2. The lowest BCUT2D eigenvalue weighted by atomic mass is 9.74. The predicted octanol–water partition coefficient (Wildman–Crippen LogP) is 3.61. The molecule has 2 aromatic rings. The highest BCUT2D eigenvalue weighted by Crippen LogP contribution is 2.38. The van der Waals surface area contributed by atoms with Crippen LogP contribution >= 0.6 is 35.6 Å². The Labute approximate surface area is 200 Å². The van der Waals surface area contributed by atoms with Gasteiger partial charge in [0.05, 0.1) is 6.04 Å². The average molecular weight is 545 g/mol. The summed E-state index contributed by atoms with van der Waals surface area (Å²) in [5, 5.41) is 12.4. The van der Waals surface area contributed by atoms with Gasteiger partial charge >= 0.3 is 0 Å². The summed E-state index contributed by atoms with van der Waals surface area (Å²) in [7, 11) is 1.81. The maximum Gasteiger partial charge on any atom is 0.191 e. The zero-order valence-corrected chi connectivity index (χ0v) is 20.6. The van der Waals surface area contributed by atoms with E-state index in [2.05, 4.69) is 37.8 Å². The molecule has 0 aliphatic carbocycles. The van der Waals surface area contributed by atoms with Gasteiger partial charge in [0.2, 0.25) is 0 Å². The van der Waals surface area contributed by atoms with E-state index in [4.69, 9.17) is 16.3 Å². The first kappa shape index (κ1) is 23.3. The molecular weight excluding hydrogens is 515 g/mol. The van der Waals surface area contributed by atoms with E-state index in [1.54, 1.807) is 7.05 Å². The van der Waals surface area contributed by atoms with Crippen molar-refractivity contribution in [3.8, 4) is 0 Å². The van der Waals surface area contributed by atoms with Gasteiger partial charge in [0, 0.05) is 43.8 Å². The molecule has 0 bridgehead atoms. The Morgan fingerprint density at radius 3 is 2.83 bits per heavy atom. The van der Waals surface area contributed by atoms with Crippen molar-refractivity contribution in [1.29, 1.82) is 0 Å². The molecule has 0 saturated carbocycles. The summed E-state index contributed by atoms with van der Waals surface area (Å²) in [4.78, 5) is 9.08. The fourth-order valence-electron chi connectivity index (χ4n) is 4.41. The van der Waals surface area contributed by atoms with Crippen LogP contribution in [0.2, 0.25) is 5.02 Å². The smallest absolute Gasteiger partial charge is 0.191 e. The maximum atomic E-state index is 6.58. The maximum absolute atomic E-state index is 6.58. The van der Waals surface area contributed by atoms with Crippen LogP contribution < -0.4 is 10.6 Å². The molecule has 2 aliphatic heterocycles. The van der Waals surface area contributed by atoms with Crippen molar-refractivity contribution in [1.82, 2.24) is 25.4 Å². The summed E-state index contributed by atoms with van der Waals surface area (Å²) < 4.78 is 7.65. The van der Waals surface area contributed by atoms with Crippen molar-refractivity contribution in [3.05, 3.63) is 46.5 Å². The minimum Gasteiger partial charge on any atom is -0.381 e. The van der Waals surface area contributed by atoms with Crippen LogP contribution in [0.1, 0.15) is 48.9 Å². The van der Waals surface area contributed by atoms with Crippen molar-refractivity contribution >= 4 is 41.5 Å². The first-order chi connectivity index (χ1) is 14.1. The number of benzene rings is 1. The zero-order valence-electron chi connectivity index (χ0n) is 17.5. The molecule has 1 saturated heterocycles. The molecule has 0 radical (unpaired) electrons. The second-order valence-electron chi connectivity index (χ2n) is 7.88. The van der Waals surface area contributed by atoms with Gasteiger partial charge in [-0.2, -0.15) is 5.10 Å². The zero-order chi connectivity index (χ0) is 20.3. The van der Waals surface area contributed by atoms with E-state index in [1.165, 1.54) is 5.56 Å².